The maximum atomic E-state index is 5.27. The Kier molecular flexibility index (Phi) is 2.92. The van der Waals surface area contributed by atoms with E-state index in [2.05, 4.69) is 12.2 Å². The molecular formula is C12H19NO. The SMILES string of the molecule is CCCC1(CNCc2ccco2)CC1. The minimum atomic E-state index is 0.640. The van der Waals surface area contributed by atoms with Gasteiger partial charge in [0.15, 0.2) is 0 Å². The fourth-order valence-electron chi connectivity index (χ4n) is 2.09. The van der Waals surface area contributed by atoms with E-state index in [0.29, 0.717) is 5.41 Å². The zero-order chi connectivity index (χ0) is 9.86. The van der Waals surface area contributed by atoms with Gasteiger partial charge in [-0.1, -0.05) is 13.3 Å². The van der Waals surface area contributed by atoms with Gasteiger partial charge < -0.3 is 9.73 Å². The maximum Gasteiger partial charge on any atom is 0.117 e. The Hall–Kier alpha value is -0.760. The van der Waals surface area contributed by atoms with E-state index in [1.807, 2.05) is 12.1 Å². The van der Waals surface area contributed by atoms with Gasteiger partial charge in [0.1, 0.15) is 5.76 Å². The molecule has 1 N–H and O–H groups in total. The summed E-state index contributed by atoms with van der Waals surface area (Å²) >= 11 is 0. The quantitative estimate of drug-likeness (QED) is 0.751. The summed E-state index contributed by atoms with van der Waals surface area (Å²) in [6.07, 6.45) is 7.23. The van der Waals surface area contributed by atoms with Crippen LogP contribution in [0.3, 0.4) is 0 Å². The maximum absolute atomic E-state index is 5.27. The van der Waals surface area contributed by atoms with E-state index >= 15 is 0 Å². The van der Waals surface area contributed by atoms with Gasteiger partial charge in [0.25, 0.3) is 0 Å². The predicted octanol–water partition coefficient (Wildman–Crippen LogP) is 2.95. The highest BCUT2D eigenvalue weighted by molar-refractivity contribution is 4.99. The first-order valence-corrected chi connectivity index (χ1v) is 5.58. The summed E-state index contributed by atoms with van der Waals surface area (Å²) < 4.78 is 5.27. The molecule has 2 nitrogen and oxygen atoms in total. The lowest BCUT2D eigenvalue weighted by atomic mass is 10.0. The zero-order valence-electron chi connectivity index (χ0n) is 8.88. The van der Waals surface area contributed by atoms with Gasteiger partial charge in [0.2, 0.25) is 0 Å². The van der Waals surface area contributed by atoms with Crippen LogP contribution in [0.4, 0.5) is 0 Å². The lowest BCUT2D eigenvalue weighted by Gasteiger charge is -2.13. The Morgan fingerprint density at radius 3 is 2.93 bits per heavy atom. The van der Waals surface area contributed by atoms with E-state index in [1.165, 1.54) is 25.7 Å². The highest BCUT2D eigenvalue weighted by atomic mass is 16.3. The fraction of sp³-hybridized carbons (Fsp3) is 0.667. The molecule has 1 aromatic heterocycles. The van der Waals surface area contributed by atoms with Crippen molar-refractivity contribution in [3.8, 4) is 0 Å². The third-order valence-electron chi connectivity index (χ3n) is 3.12. The third kappa shape index (κ3) is 2.38. The van der Waals surface area contributed by atoms with E-state index in [-0.39, 0.29) is 0 Å². The minimum Gasteiger partial charge on any atom is -0.468 e. The summed E-state index contributed by atoms with van der Waals surface area (Å²) in [6, 6.07) is 3.96. The number of hydrogen-bond acceptors (Lipinski definition) is 2. The highest BCUT2D eigenvalue weighted by Crippen LogP contribution is 2.48. The van der Waals surface area contributed by atoms with Crippen LogP contribution in [-0.2, 0) is 6.54 Å². The molecule has 78 valence electrons. The summed E-state index contributed by atoms with van der Waals surface area (Å²) in [6.45, 7) is 4.30. The summed E-state index contributed by atoms with van der Waals surface area (Å²) in [5.41, 5.74) is 0.640. The molecule has 1 fully saturated rings. The Labute approximate surface area is 85.7 Å². The van der Waals surface area contributed by atoms with Crippen molar-refractivity contribution in [3.63, 3.8) is 0 Å². The van der Waals surface area contributed by atoms with E-state index in [9.17, 15) is 0 Å². The number of nitrogens with one attached hydrogen (secondary N) is 1. The van der Waals surface area contributed by atoms with Crippen molar-refractivity contribution in [2.75, 3.05) is 6.54 Å². The molecule has 1 aromatic rings. The first-order chi connectivity index (χ1) is 6.85. The molecule has 1 aliphatic carbocycles. The highest BCUT2D eigenvalue weighted by Gasteiger charge is 2.40. The Balaban J connectivity index is 1.68. The second-order valence-corrected chi connectivity index (χ2v) is 4.43. The standard InChI is InChI=1S/C12H19NO/c1-2-5-12(6-7-12)10-13-9-11-4-3-8-14-11/h3-4,8,13H,2,5-7,9-10H2,1H3. The molecule has 0 radical (unpaired) electrons. The molecule has 1 aliphatic rings. The average molecular weight is 193 g/mol. The van der Waals surface area contributed by atoms with Crippen molar-refractivity contribution in [1.82, 2.24) is 5.32 Å². The molecular weight excluding hydrogens is 174 g/mol. The van der Waals surface area contributed by atoms with Gasteiger partial charge in [-0.15, -0.1) is 0 Å². The van der Waals surface area contributed by atoms with E-state index in [0.717, 1.165) is 18.8 Å². The van der Waals surface area contributed by atoms with Gasteiger partial charge in [-0.3, -0.25) is 0 Å². The zero-order valence-corrected chi connectivity index (χ0v) is 8.88. The first kappa shape index (κ1) is 9.78. The fourth-order valence-corrected chi connectivity index (χ4v) is 2.09. The number of hydrogen-bond donors (Lipinski definition) is 1. The van der Waals surface area contributed by atoms with Gasteiger partial charge in [-0.25, -0.2) is 0 Å². The summed E-state index contributed by atoms with van der Waals surface area (Å²) in [5.74, 6) is 1.04. The van der Waals surface area contributed by atoms with Crippen LogP contribution < -0.4 is 5.32 Å². The smallest absolute Gasteiger partial charge is 0.117 e. The molecule has 2 rings (SSSR count). The van der Waals surface area contributed by atoms with Crippen LogP contribution in [0.25, 0.3) is 0 Å². The molecule has 0 spiro atoms. The molecule has 1 heterocycles. The molecule has 0 atom stereocenters. The van der Waals surface area contributed by atoms with Crippen LogP contribution in [0.5, 0.6) is 0 Å². The third-order valence-corrected chi connectivity index (χ3v) is 3.12. The van der Waals surface area contributed by atoms with Crippen LogP contribution in [0.1, 0.15) is 38.4 Å². The van der Waals surface area contributed by atoms with E-state index < -0.39 is 0 Å². The predicted molar refractivity (Wildman–Crippen MR) is 57.0 cm³/mol. The monoisotopic (exact) mass is 193 g/mol. The molecule has 14 heavy (non-hydrogen) atoms. The second-order valence-electron chi connectivity index (χ2n) is 4.43. The van der Waals surface area contributed by atoms with Crippen LogP contribution in [0.15, 0.2) is 22.8 Å². The van der Waals surface area contributed by atoms with Crippen molar-refractivity contribution >= 4 is 0 Å². The average Bonchev–Trinajstić information content (AvgIpc) is 2.75. The summed E-state index contributed by atoms with van der Waals surface area (Å²) in [4.78, 5) is 0. The lowest BCUT2D eigenvalue weighted by molar-refractivity contribution is 0.401. The Bertz CT molecular complexity index is 262. The van der Waals surface area contributed by atoms with Crippen molar-refractivity contribution in [3.05, 3.63) is 24.2 Å². The van der Waals surface area contributed by atoms with Crippen LogP contribution in [0.2, 0.25) is 0 Å². The van der Waals surface area contributed by atoms with Gasteiger partial charge in [0, 0.05) is 6.54 Å². The van der Waals surface area contributed by atoms with Gasteiger partial charge in [-0.05, 0) is 36.8 Å². The van der Waals surface area contributed by atoms with Crippen LogP contribution in [-0.4, -0.2) is 6.54 Å². The normalized spacial score (nSPS) is 18.4. The van der Waals surface area contributed by atoms with Gasteiger partial charge >= 0.3 is 0 Å². The van der Waals surface area contributed by atoms with Crippen molar-refractivity contribution < 1.29 is 4.42 Å². The molecule has 1 saturated carbocycles. The molecule has 0 amide bonds. The molecule has 0 aliphatic heterocycles. The van der Waals surface area contributed by atoms with Gasteiger partial charge in [-0.2, -0.15) is 0 Å². The van der Waals surface area contributed by atoms with Gasteiger partial charge in [0.05, 0.1) is 12.8 Å². The topological polar surface area (TPSA) is 25.2 Å². The number of furan rings is 1. The molecule has 0 unspecified atom stereocenters. The van der Waals surface area contributed by atoms with E-state index in [1.54, 1.807) is 6.26 Å². The first-order valence-electron chi connectivity index (χ1n) is 5.58. The van der Waals surface area contributed by atoms with Crippen LogP contribution in [0, 0.1) is 5.41 Å². The summed E-state index contributed by atoms with van der Waals surface area (Å²) in [5, 5.41) is 3.48. The largest absolute Gasteiger partial charge is 0.468 e. The number of rotatable bonds is 6. The molecule has 2 heteroatoms. The second kappa shape index (κ2) is 4.18. The van der Waals surface area contributed by atoms with Crippen molar-refractivity contribution in [1.29, 1.82) is 0 Å². The molecule has 0 saturated heterocycles. The van der Waals surface area contributed by atoms with Crippen molar-refractivity contribution in [2.24, 2.45) is 5.41 Å². The van der Waals surface area contributed by atoms with E-state index in [4.69, 9.17) is 4.42 Å². The Morgan fingerprint density at radius 2 is 2.36 bits per heavy atom. The van der Waals surface area contributed by atoms with Crippen LogP contribution >= 0.6 is 0 Å². The Morgan fingerprint density at radius 1 is 1.50 bits per heavy atom. The summed E-state index contributed by atoms with van der Waals surface area (Å²) in [7, 11) is 0. The molecule has 0 bridgehead atoms. The molecule has 0 aromatic carbocycles. The minimum absolute atomic E-state index is 0.640. The van der Waals surface area contributed by atoms with Crippen molar-refractivity contribution in [2.45, 2.75) is 39.2 Å². The lowest BCUT2D eigenvalue weighted by Crippen LogP contribution is -2.23.